The molecule has 33 heavy (non-hydrogen) atoms. The minimum atomic E-state index is -4.52. The first kappa shape index (κ1) is 23.1. The van der Waals surface area contributed by atoms with Crippen molar-refractivity contribution in [3.05, 3.63) is 58.6 Å². The minimum Gasteiger partial charge on any atom is -0.353 e. The van der Waals surface area contributed by atoms with Gasteiger partial charge in [-0.2, -0.15) is 13.2 Å². The monoisotopic (exact) mass is 525 g/mol. The van der Waals surface area contributed by atoms with E-state index in [4.69, 9.17) is 0 Å². The van der Waals surface area contributed by atoms with Crippen LogP contribution in [0.25, 0.3) is 0 Å². The zero-order valence-corrected chi connectivity index (χ0v) is 18.5. The molecular formula is C21H19BrF3N5O3. The molecule has 4 atom stereocenters. The summed E-state index contributed by atoms with van der Waals surface area (Å²) >= 11 is 3.30. The van der Waals surface area contributed by atoms with Gasteiger partial charge in [0.1, 0.15) is 0 Å². The molecule has 0 aliphatic carbocycles. The molecule has 174 valence electrons. The molecule has 2 fully saturated rings. The maximum Gasteiger partial charge on any atom is 0.416 e. The highest BCUT2D eigenvalue weighted by atomic mass is 79.9. The van der Waals surface area contributed by atoms with E-state index in [0.717, 1.165) is 16.6 Å². The first-order valence-corrected chi connectivity index (χ1v) is 10.8. The SMILES string of the molecule is O=C1CC(C(=O)Nc2ccc(Br)cc2)C2C(=O)NC(Nc3cccc(C(F)(F)F)c3)NC2N1. The first-order chi connectivity index (χ1) is 15.6. The number of nitrogens with one attached hydrogen (secondary N) is 5. The van der Waals surface area contributed by atoms with Gasteiger partial charge in [-0.1, -0.05) is 22.0 Å². The number of halogens is 4. The summed E-state index contributed by atoms with van der Waals surface area (Å²) in [7, 11) is 0. The van der Waals surface area contributed by atoms with Crippen LogP contribution in [0.1, 0.15) is 12.0 Å². The average Bonchev–Trinajstić information content (AvgIpc) is 2.74. The lowest BCUT2D eigenvalue weighted by Gasteiger charge is -2.43. The Morgan fingerprint density at radius 2 is 1.76 bits per heavy atom. The molecule has 4 unspecified atom stereocenters. The van der Waals surface area contributed by atoms with Crippen molar-refractivity contribution in [2.75, 3.05) is 10.6 Å². The Kier molecular flexibility index (Phi) is 6.30. The molecule has 0 bridgehead atoms. The molecule has 0 spiro atoms. The van der Waals surface area contributed by atoms with Crippen LogP contribution in [0, 0.1) is 11.8 Å². The highest BCUT2D eigenvalue weighted by Gasteiger charge is 2.48. The molecule has 0 radical (unpaired) electrons. The quantitative estimate of drug-likeness (QED) is 0.421. The van der Waals surface area contributed by atoms with E-state index < -0.39 is 53.8 Å². The molecule has 2 heterocycles. The van der Waals surface area contributed by atoms with Gasteiger partial charge in [0.15, 0.2) is 6.29 Å². The molecular weight excluding hydrogens is 507 g/mol. The van der Waals surface area contributed by atoms with E-state index in [0.29, 0.717) is 5.69 Å². The zero-order chi connectivity index (χ0) is 23.8. The van der Waals surface area contributed by atoms with Crippen LogP contribution < -0.4 is 26.6 Å². The van der Waals surface area contributed by atoms with Gasteiger partial charge >= 0.3 is 6.18 Å². The van der Waals surface area contributed by atoms with Crippen molar-refractivity contribution in [2.24, 2.45) is 11.8 Å². The van der Waals surface area contributed by atoms with Gasteiger partial charge in [-0.25, -0.2) is 0 Å². The van der Waals surface area contributed by atoms with E-state index in [1.54, 1.807) is 24.3 Å². The molecule has 2 saturated heterocycles. The molecule has 8 nitrogen and oxygen atoms in total. The van der Waals surface area contributed by atoms with E-state index in [1.165, 1.54) is 12.1 Å². The molecule has 2 aromatic rings. The average molecular weight is 526 g/mol. The summed E-state index contributed by atoms with van der Waals surface area (Å²) in [6.07, 6.45) is -6.54. The van der Waals surface area contributed by atoms with Crippen LogP contribution in [0.4, 0.5) is 24.5 Å². The summed E-state index contributed by atoms with van der Waals surface area (Å²) in [6, 6.07) is 11.3. The Bertz CT molecular complexity index is 1080. The first-order valence-electron chi connectivity index (χ1n) is 9.96. The Hall–Kier alpha value is -3.12. The number of fused-ring (bicyclic) bond motifs is 1. The Balaban J connectivity index is 1.47. The third-order valence-electron chi connectivity index (χ3n) is 5.40. The highest BCUT2D eigenvalue weighted by Crippen LogP contribution is 2.31. The van der Waals surface area contributed by atoms with E-state index in [1.807, 2.05) is 0 Å². The number of alkyl halides is 3. The van der Waals surface area contributed by atoms with Crippen molar-refractivity contribution >= 4 is 45.0 Å². The molecule has 2 aliphatic heterocycles. The van der Waals surface area contributed by atoms with Crippen molar-refractivity contribution in [3.63, 3.8) is 0 Å². The summed E-state index contributed by atoms with van der Waals surface area (Å²) in [4.78, 5) is 38.0. The van der Waals surface area contributed by atoms with Crippen molar-refractivity contribution in [2.45, 2.75) is 25.1 Å². The zero-order valence-electron chi connectivity index (χ0n) is 16.9. The number of benzene rings is 2. The fourth-order valence-corrected chi connectivity index (χ4v) is 4.14. The summed E-state index contributed by atoms with van der Waals surface area (Å²) < 4.78 is 39.7. The van der Waals surface area contributed by atoms with E-state index in [9.17, 15) is 27.6 Å². The van der Waals surface area contributed by atoms with Gasteiger partial charge in [0.25, 0.3) is 0 Å². The van der Waals surface area contributed by atoms with Crippen molar-refractivity contribution in [1.29, 1.82) is 0 Å². The number of piperidine rings is 1. The number of rotatable bonds is 4. The molecule has 2 aromatic carbocycles. The van der Waals surface area contributed by atoms with Gasteiger partial charge in [-0.3, -0.25) is 19.7 Å². The van der Waals surface area contributed by atoms with Crippen molar-refractivity contribution < 1.29 is 27.6 Å². The highest BCUT2D eigenvalue weighted by molar-refractivity contribution is 9.10. The Labute approximate surface area is 194 Å². The van der Waals surface area contributed by atoms with Crippen molar-refractivity contribution in [3.8, 4) is 0 Å². The second-order valence-corrected chi connectivity index (χ2v) is 8.62. The maximum atomic E-state index is 13.0. The molecule has 2 aliphatic rings. The molecule has 5 N–H and O–H groups in total. The fourth-order valence-electron chi connectivity index (χ4n) is 3.87. The van der Waals surface area contributed by atoms with Gasteiger partial charge in [0.2, 0.25) is 17.7 Å². The van der Waals surface area contributed by atoms with Crippen LogP contribution in [-0.2, 0) is 20.6 Å². The van der Waals surface area contributed by atoms with Crippen LogP contribution in [-0.4, -0.2) is 30.2 Å². The lowest BCUT2D eigenvalue weighted by molar-refractivity contribution is -0.144. The van der Waals surface area contributed by atoms with E-state index in [-0.39, 0.29) is 12.1 Å². The number of hydrogen-bond donors (Lipinski definition) is 5. The lowest BCUT2D eigenvalue weighted by Crippen LogP contribution is -2.72. The van der Waals surface area contributed by atoms with Crippen LogP contribution in [0.3, 0.4) is 0 Å². The fraction of sp³-hybridized carbons (Fsp3) is 0.286. The summed E-state index contributed by atoms with van der Waals surface area (Å²) in [5.41, 5.74) is -0.213. The number of anilines is 2. The number of carbonyl (C=O) groups excluding carboxylic acids is 3. The molecule has 0 aromatic heterocycles. The summed E-state index contributed by atoms with van der Waals surface area (Å²) in [5.74, 6) is -3.26. The third kappa shape index (κ3) is 5.28. The third-order valence-corrected chi connectivity index (χ3v) is 5.93. The van der Waals surface area contributed by atoms with Gasteiger partial charge < -0.3 is 21.3 Å². The van der Waals surface area contributed by atoms with Crippen LogP contribution >= 0.6 is 15.9 Å². The van der Waals surface area contributed by atoms with Gasteiger partial charge in [0, 0.05) is 22.3 Å². The maximum absolute atomic E-state index is 13.0. The topological polar surface area (TPSA) is 111 Å². The van der Waals surface area contributed by atoms with Gasteiger partial charge in [0.05, 0.1) is 23.6 Å². The van der Waals surface area contributed by atoms with Crippen LogP contribution in [0.2, 0.25) is 0 Å². The predicted octanol–water partition coefficient (Wildman–Crippen LogP) is 2.60. The van der Waals surface area contributed by atoms with E-state index >= 15 is 0 Å². The number of amides is 3. The van der Waals surface area contributed by atoms with Crippen molar-refractivity contribution in [1.82, 2.24) is 16.0 Å². The Morgan fingerprint density at radius 1 is 1.03 bits per heavy atom. The Morgan fingerprint density at radius 3 is 2.45 bits per heavy atom. The predicted molar refractivity (Wildman–Crippen MR) is 116 cm³/mol. The largest absolute Gasteiger partial charge is 0.416 e. The van der Waals surface area contributed by atoms with E-state index in [2.05, 4.69) is 42.5 Å². The smallest absolute Gasteiger partial charge is 0.353 e. The second-order valence-electron chi connectivity index (χ2n) is 7.71. The minimum absolute atomic E-state index is 0.118. The lowest BCUT2D eigenvalue weighted by atomic mass is 9.81. The molecule has 0 saturated carbocycles. The van der Waals surface area contributed by atoms with Gasteiger partial charge in [-0.15, -0.1) is 0 Å². The molecule has 3 amide bonds. The standard InChI is InChI=1S/C21H19BrF3N5O3/c22-11-4-6-12(7-5-11)26-18(32)14-9-15(31)28-17-16(14)19(33)30-20(29-17)27-13-3-1-2-10(8-13)21(23,24)25/h1-8,14,16-17,20,27,29H,9H2,(H,26,32)(H,28,31)(H,30,33). The van der Waals surface area contributed by atoms with Crippen LogP contribution in [0.5, 0.6) is 0 Å². The molecule has 12 heteroatoms. The molecule has 4 rings (SSSR count). The summed E-state index contributed by atoms with van der Waals surface area (Å²) in [6.45, 7) is 0. The number of hydrogen-bond acceptors (Lipinski definition) is 5. The van der Waals surface area contributed by atoms with Gasteiger partial charge in [-0.05, 0) is 42.5 Å². The summed E-state index contributed by atoms with van der Waals surface area (Å²) in [5, 5.41) is 13.7. The second kappa shape index (κ2) is 9.02. The number of carbonyl (C=O) groups is 3. The van der Waals surface area contributed by atoms with Crippen LogP contribution in [0.15, 0.2) is 53.0 Å². The normalized spacial score (nSPS) is 24.8.